The second-order valence-corrected chi connectivity index (χ2v) is 9.30. The van der Waals surface area contributed by atoms with Gasteiger partial charge in [-0.3, -0.25) is 4.79 Å². The van der Waals surface area contributed by atoms with E-state index in [0.29, 0.717) is 40.0 Å². The Labute approximate surface area is 206 Å². The molecule has 3 heterocycles. The third kappa shape index (κ3) is 4.53. The van der Waals surface area contributed by atoms with Crippen molar-refractivity contribution in [2.45, 2.75) is 40.0 Å². The largest absolute Gasteiger partial charge is 0.490 e. The fourth-order valence-corrected chi connectivity index (χ4v) is 4.91. The summed E-state index contributed by atoms with van der Waals surface area (Å²) in [5.41, 5.74) is 2.37. The topological polar surface area (TPSA) is 78.9 Å². The van der Waals surface area contributed by atoms with Crippen LogP contribution in [0.4, 0.5) is 0 Å². The van der Waals surface area contributed by atoms with Crippen LogP contribution in [0.25, 0.3) is 33.6 Å². The van der Waals surface area contributed by atoms with Crippen molar-refractivity contribution >= 4 is 33.3 Å². The van der Waals surface area contributed by atoms with Gasteiger partial charge in [0.15, 0.2) is 17.3 Å². The molecule has 0 unspecified atom stereocenters. The van der Waals surface area contributed by atoms with Gasteiger partial charge < -0.3 is 13.9 Å². The Kier molecular flexibility index (Phi) is 6.55. The molecule has 0 aliphatic carbocycles. The number of ether oxygens (including phenoxy) is 2. The molecule has 0 radical (unpaired) electrons. The second-order valence-electron chi connectivity index (χ2n) is 8.29. The number of hydrogen-bond donors (Lipinski definition) is 0. The van der Waals surface area contributed by atoms with Gasteiger partial charge >= 0.3 is 0 Å². The molecule has 2 aromatic carbocycles. The van der Waals surface area contributed by atoms with Crippen LogP contribution in [0.1, 0.15) is 44.2 Å². The van der Waals surface area contributed by atoms with Crippen molar-refractivity contribution < 1.29 is 13.9 Å². The van der Waals surface area contributed by atoms with Crippen LogP contribution in [0.5, 0.6) is 11.5 Å². The number of rotatable bonds is 9. The van der Waals surface area contributed by atoms with E-state index in [4.69, 9.17) is 13.9 Å². The molecule has 0 aliphatic heterocycles. The van der Waals surface area contributed by atoms with Crippen LogP contribution in [0.15, 0.2) is 51.7 Å². The molecule has 5 rings (SSSR count). The Hall–Kier alpha value is -3.65. The van der Waals surface area contributed by atoms with Crippen molar-refractivity contribution in [3.05, 3.63) is 68.5 Å². The van der Waals surface area contributed by atoms with Crippen LogP contribution in [0.3, 0.4) is 0 Å². The average Bonchev–Trinajstić information content (AvgIpc) is 3.51. The van der Waals surface area contributed by atoms with Gasteiger partial charge in [-0.25, -0.2) is 0 Å². The first kappa shape index (κ1) is 23.1. The molecule has 0 spiro atoms. The van der Waals surface area contributed by atoms with Gasteiger partial charge in [-0.2, -0.15) is 9.50 Å². The minimum Gasteiger partial charge on any atom is -0.490 e. The summed E-state index contributed by atoms with van der Waals surface area (Å²) in [5.74, 6) is 2.39. The summed E-state index contributed by atoms with van der Waals surface area (Å²) in [7, 11) is 0. The van der Waals surface area contributed by atoms with E-state index in [2.05, 4.69) is 17.0 Å². The molecule has 0 saturated carbocycles. The zero-order chi connectivity index (χ0) is 24.4. The standard InChI is InChI=1S/C27H27N3O4S/c1-4-6-9-14-33-21-13-12-18(15-22(21)32-5-2)16-23-26(31)30-27(35-23)28-25(29-30)24-17(3)19-10-7-8-11-20(19)34-24/h7-8,10-13,15-16H,4-6,9,14H2,1-3H3. The first-order chi connectivity index (χ1) is 17.1. The van der Waals surface area contributed by atoms with Crippen molar-refractivity contribution in [1.82, 2.24) is 14.6 Å². The highest BCUT2D eigenvalue weighted by Gasteiger charge is 2.19. The smallest absolute Gasteiger partial charge is 0.291 e. The van der Waals surface area contributed by atoms with E-state index in [0.717, 1.165) is 47.1 Å². The Balaban J connectivity index is 1.46. The predicted molar refractivity (Wildman–Crippen MR) is 138 cm³/mol. The zero-order valence-corrected chi connectivity index (χ0v) is 20.9. The van der Waals surface area contributed by atoms with Gasteiger partial charge in [0.1, 0.15) is 5.58 Å². The normalized spacial score (nSPS) is 12.1. The van der Waals surface area contributed by atoms with Crippen molar-refractivity contribution in [3.63, 3.8) is 0 Å². The minimum absolute atomic E-state index is 0.213. The van der Waals surface area contributed by atoms with Crippen molar-refractivity contribution in [2.75, 3.05) is 13.2 Å². The molecule has 0 N–H and O–H groups in total. The molecular formula is C27H27N3O4S. The summed E-state index contributed by atoms with van der Waals surface area (Å²) in [4.78, 5) is 18.2. The highest BCUT2D eigenvalue weighted by molar-refractivity contribution is 7.15. The van der Waals surface area contributed by atoms with Gasteiger partial charge in [-0.15, -0.1) is 5.10 Å². The third-order valence-corrected chi connectivity index (χ3v) is 6.76. The van der Waals surface area contributed by atoms with Gasteiger partial charge in [0.2, 0.25) is 10.8 Å². The van der Waals surface area contributed by atoms with E-state index < -0.39 is 0 Å². The Morgan fingerprint density at radius 1 is 1.09 bits per heavy atom. The number of nitrogens with zero attached hydrogens (tertiary/aromatic N) is 3. The van der Waals surface area contributed by atoms with Crippen LogP contribution in [0.2, 0.25) is 0 Å². The number of fused-ring (bicyclic) bond motifs is 2. The number of para-hydroxylation sites is 1. The number of aryl methyl sites for hydroxylation is 1. The van der Waals surface area contributed by atoms with Gasteiger partial charge in [0.25, 0.3) is 5.56 Å². The maximum absolute atomic E-state index is 13.1. The van der Waals surface area contributed by atoms with Crippen LogP contribution in [-0.4, -0.2) is 27.8 Å². The van der Waals surface area contributed by atoms with E-state index >= 15 is 0 Å². The van der Waals surface area contributed by atoms with Gasteiger partial charge in [0, 0.05) is 10.9 Å². The number of benzene rings is 2. The molecule has 0 atom stereocenters. The van der Waals surface area contributed by atoms with Crippen LogP contribution < -0.4 is 19.6 Å². The first-order valence-electron chi connectivity index (χ1n) is 11.9. The second kappa shape index (κ2) is 9.92. The van der Waals surface area contributed by atoms with Crippen molar-refractivity contribution in [1.29, 1.82) is 0 Å². The SMILES string of the molecule is CCCCCOc1ccc(C=c2sc3nc(-c4oc5ccccc5c4C)nn3c2=O)cc1OCC. The molecule has 3 aromatic heterocycles. The molecule has 0 aliphatic rings. The average molecular weight is 490 g/mol. The summed E-state index contributed by atoms with van der Waals surface area (Å²) in [5, 5.41) is 5.47. The highest BCUT2D eigenvalue weighted by atomic mass is 32.1. The lowest BCUT2D eigenvalue weighted by Gasteiger charge is -2.12. The Morgan fingerprint density at radius 2 is 1.94 bits per heavy atom. The third-order valence-electron chi connectivity index (χ3n) is 5.80. The molecule has 0 saturated heterocycles. The molecule has 8 heteroatoms. The van der Waals surface area contributed by atoms with E-state index in [-0.39, 0.29) is 5.56 Å². The number of aromatic nitrogens is 3. The maximum atomic E-state index is 13.1. The zero-order valence-electron chi connectivity index (χ0n) is 20.0. The summed E-state index contributed by atoms with van der Waals surface area (Å²) >= 11 is 1.30. The van der Waals surface area contributed by atoms with E-state index in [1.165, 1.54) is 15.9 Å². The Morgan fingerprint density at radius 3 is 2.71 bits per heavy atom. The molecule has 0 amide bonds. The van der Waals surface area contributed by atoms with Gasteiger partial charge in [-0.05, 0) is 50.1 Å². The molecule has 0 bridgehead atoms. The molecule has 180 valence electrons. The van der Waals surface area contributed by atoms with E-state index in [1.807, 2.05) is 62.4 Å². The summed E-state index contributed by atoms with van der Waals surface area (Å²) in [6, 6.07) is 13.5. The molecule has 0 fully saturated rings. The summed E-state index contributed by atoms with van der Waals surface area (Å²) in [6.45, 7) is 7.26. The van der Waals surface area contributed by atoms with Crippen LogP contribution in [-0.2, 0) is 0 Å². The minimum atomic E-state index is -0.213. The lowest BCUT2D eigenvalue weighted by molar-refractivity contribution is 0.271. The van der Waals surface area contributed by atoms with Crippen LogP contribution >= 0.6 is 11.3 Å². The number of hydrogen-bond acceptors (Lipinski definition) is 7. The van der Waals surface area contributed by atoms with Gasteiger partial charge in [0.05, 0.1) is 17.7 Å². The van der Waals surface area contributed by atoms with Crippen molar-refractivity contribution in [3.8, 4) is 23.1 Å². The quantitative estimate of drug-likeness (QED) is 0.258. The maximum Gasteiger partial charge on any atom is 0.291 e. The molecule has 35 heavy (non-hydrogen) atoms. The molecule has 5 aromatic rings. The first-order valence-corrected chi connectivity index (χ1v) is 12.7. The van der Waals surface area contributed by atoms with E-state index in [1.54, 1.807) is 0 Å². The lowest BCUT2D eigenvalue weighted by Crippen LogP contribution is -2.23. The number of thiazole rings is 1. The molecule has 7 nitrogen and oxygen atoms in total. The Bertz CT molecular complexity index is 1600. The highest BCUT2D eigenvalue weighted by Crippen LogP contribution is 2.31. The predicted octanol–water partition coefficient (Wildman–Crippen LogP) is 5.39. The lowest BCUT2D eigenvalue weighted by atomic mass is 10.1. The molecular weight excluding hydrogens is 462 g/mol. The van der Waals surface area contributed by atoms with Gasteiger partial charge in [-0.1, -0.05) is 55.4 Å². The summed E-state index contributed by atoms with van der Waals surface area (Å²) in [6.07, 6.45) is 5.12. The summed E-state index contributed by atoms with van der Waals surface area (Å²) < 4.78 is 19.6. The fraction of sp³-hybridized carbons (Fsp3) is 0.296. The number of furan rings is 1. The van der Waals surface area contributed by atoms with E-state index in [9.17, 15) is 4.79 Å². The fourth-order valence-electron chi connectivity index (χ4n) is 4.01. The van der Waals surface area contributed by atoms with Crippen LogP contribution in [0, 0.1) is 6.92 Å². The number of unbranched alkanes of at least 4 members (excludes halogenated alkanes) is 2. The monoisotopic (exact) mass is 489 g/mol. The van der Waals surface area contributed by atoms with Crippen molar-refractivity contribution in [2.24, 2.45) is 0 Å².